The Hall–Kier alpha value is -3.66. The highest BCUT2D eigenvalue weighted by Crippen LogP contribution is 2.29. The van der Waals surface area contributed by atoms with E-state index in [2.05, 4.69) is 29.2 Å². The summed E-state index contributed by atoms with van der Waals surface area (Å²) in [5, 5.41) is 2.27. The van der Waals surface area contributed by atoms with Gasteiger partial charge in [0.2, 0.25) is 5.88 Å². The molecule has 31 heavy (non-hydrogen) atoms. The molecular formula is C27H25NO3. The lowest BCUT2D eigenvalue weighted by Crippen LogP contribution is -2.21. The summed E-state index contributed by atoms with van der Waals surface area (Å²) in [6, 6.07) is 29.2. The molecule has 0 bridgehead atoms. The second-order valence-electron chi connectivity index (χ2n) is 7.82. The summed E-state index contributed by atoms with van der Waals surface area (Å²) in [5.41, 5.74) is 1.61. The van der Waals surface area contributed by atoms with Gasteiger partial charge in [-0.15, -0.1) is 0 Å². The molecule has 0 aliphatic heterocycles. The Morgan fingerprint density at radius 1 is 0.839 bits per heavy atom. The maximum Gasteiger partial charge on any atom is 0.314 e. The zero-order chi connectivity index (χ0) is 21.6. The van der Waals surface area contributed by atoms with Gasteiger partial charge in [-0.3, -0.25) is 4.79 Å². The Labute approximate surface area is 182 Å². The molecule has 4 rings (SSSR count). The number of rotatable bonds is 7. The van der Waals surface area contributed by atoms with E-state index in [1.807, 2.05) is 74.5 Å². The third kappa shape index (κ3) is 5.10. The summed E-state index contributed by atoms with van der Waals surface area (Å²) in [5.74, 6) is 0.694. The molecule has 0 fully saturated rings. The summed E-state index contributed by atoms with van der Waals surface area (Å²) in [6.45, 7) is 4.17. The van der Waals surface area contributed by atoms with Crippen LogP contribution in [-0.4, -0.2) is 11.0 Å². The van der Waals surface area contributed by atoms with E-state index in [1.54, 1.807) is 6.07 Å². The van der Waals surface area contributed by atoms with Crippen molar-refractivity contribution in [1.29, 1.82) is 0 Å². The van der Waals surface area contributed by atoms with Crippen LogP contribution in [0.5, 0.6) is 11.6 Å². The molecule has 1 heterocycles. The number of aromatic nitrogens is 1. The summed E-state index contributed by atoms with van der Waals surface area (Å²) >= 11 is 0. The molecule has 0 aliphatic carbocycles. The van der Waals surface area contributed by atoms with Gasteiger partial charge in [-0.2, -0.15) is 0 Å². The van der Waals surface area contributed by atoms with Crippen LogP contribution in [0.25, 0.3) is 10.8 Å². The van der Waals surface area contributed by atoms with E-state index in [4.69, 9.17) is 9.47 Å². The van der Waals surface area contributed by atoms with Crippen molar-refractivity contribution in [1.82, 2.24) is 4.98 Å². The Bertz CT molecular complexity index is 1170. The van der Waals surface area contributed by atoms with Crippen LogP contribution in [0.1, 0.15) is 31.0 Å². The minimum atomic E-state index is -0.339. The van der Waals surface area contributed by atoms with Gasteiger partial charge in [-0.05, 0) is 40.5 Å². The fraction of sp³-hybridized carbons (Fsp3) is 0.185. The van der Waals surface area contributed by atoms with E-state index in [0.717, 1.165) is 16.3 Å². The van der Waals surface area contributed by atoms with Crippen molar-refractivity contribution in [2.45, 2.75) is 26.4 Å². The number of esters is 1. The molecule has 0 spiro atoms. The van der Waals surface area contributed by atoms with Crippen molar-refractivity contribution in [3.8, 4) is 11.6 Å². The van der Waals surface area contributed by atoms with Crippen molar-refractivity contribution >= 4 is 16.7 Å². The largest absolute Gasteiger partial charge is 0.459 e. The lowest BCUT2D eigenvalue weighted by atomic mass is 9.87. The lowest BCUT2D eigenvalue weighted by Gasteiger charge is -2.20. The van der Waals surface area contributed by atoms with Crippen LogP contribution in [-0.2, 0) is 16.1 Å². The molecule has 4 nitrogen and oxygen atoms in total. The molecule has 0 saturated carbocycles. The van der Waals surface area contributed by atoms with Gasteiger partial charge in [0.05, 0.1) is 11.6 Å². The quantitative estimate of drug-likeness (QED) is 0.325. The van der Waals surface area contributed by atoms with Gasteiger partial charge >= 0.3 is 5.97 Å². The van der Waals surface area contributed by atoms with Crippen molar-refractivity contribution in [2.75, 3.05) is 0 Å². The molecule has 0 radical (unpaired) electrons. The molecule has 4 heteroatoms. The highest BCUT2D eigenvalue weighted by atomic mass is 16.5. The monoisotopic (exact) mass is 411 g/mol. The highest BCUT2D eigenvalue weighted by Gasteiger charge is 2.26. The van der Waals surface area contributed by atoms with E-state index >= 15 is 0 Å². The van der Waals surface area contributed by atoms with Crippen LogP contribution in [0, 0.1) is 5.92 Å². The number of hydrogen-bond donors (Lipinski definition) is 0. The maximum atomic E-state index is 13.0. The second kappa shape index (κ2) is 9.43. The van der Waals surface area contributed by atoms with E-state index in [0.29, 0.717) is 17.3 Å². The van der Waals surface area contributed by atoms with Crippen LogP contribution in [0.15, 0.2) is 91.0 Å². The average Bonchev–Trinajstić information content (AvgIpc) is 2.78. The molecule has 4 aromatic rings. The van der Waals surface area contributed by atoms with Gasteiger partial charge in [-0.1, -0.05) is 80.6 Å². The third-order valence-electron chi connectivity index (χ3n) is 5.16. The average molecular weight is 412 g/mol. The normalized spacial score (nSPS) is 12.0. The number of pyridine rings is 1. The minimum absolute atomic E-state index is 0.0988. The number of benzene rings is 3. The Morgan fingerprint density at radius 2 is 1.58 bits per heavy atom. The lowest BCUT2D eigenvalue weighted by molar-refractivity contribution is -0.148. The molecule has 0 amide bonds. The number of carbonyl (C=O) groups excluding carboxylic acids is 1. The minimum Gasteiger partial charge on any atom is -0.459 e. The van der Waals surface area contributed by atoms with E-state index < -0.39 is 0 Å². The first-order valence-corrected chi connectivity index (χ1v) is 10.4. The molecule has 156 valence electrons. The molecule has 0 N–H and O–H groups in total. The van der Waals surface area contributed by atoms with Gasteiger partial charge < -0.3 is 9.47 Å². The first kappa shape index (κ1) is 20.6. The molecule has 3 aromatic carbocycles. The molecule has 0 saturated heterocycles. The zero-order valence-electron chi connectivity index (χ0n) is 17.7. The number of hydrogen-bond acceptors (Lipinski definition) is 4. The first-order chi connectivity index (χ1) is 15.1. The van der Waals surface area contributed by atoms with E-state index in [1.165, 1.54) is 0 Å². The molecule has 1 aromatic heterocycles. The SMILES string of the molecule is CC(C)C(C(=O)OCc1cccc(Oc2ccccc2)n1)c1ccc2ccccc2c1. The molecule has 0 aliphatic rings. The number of para-hydroxylation sites is 1. The Kier molecular flexibility index (Phi) is 6.27. The highest BCUT2D eigenvalue weighted by molar-refractivity contribution is 5.86. The number of nitrogens with zero attached hydrogens (tertiary/aromatic N) is 1. The predicted octanol–water partition coefficient (Wildman–Crippen LogP) is 6.51. The van der Waals surface area contributed by atoms with Crippen molar-refractivity contribution in [3.05, 3.63) is 102 Å². The second-order valence-corrected chi connectivity index (χ2v) is 7.82. The third-order valence-corrected chi connectivity index (χ3v) is 5.16. The van der Waals surface area contributed by atoms with Gasteiger partial charge in [-0.25, -0.2) is 4.98 Å². The smallest absolute Gasteiger partial charge is 0.314 e. The number of carbonyl (C=O) groups is 1. The molecule has 1 atom stereocenters. The topological polar surface area (TPSA) is 48.4 Å². The van der Waals surface area contributed by atoms with Crippen LogP contribution in [0.3, 0.4) is 0 Å². The van der Waals surface area contributed by atoms with Crippen LogP contribution >= 0.6 is 0 Å². The fourth-order valence-corrected chi connectivity index (χ4v) is 3.63. The van der Waals surface area contributed by atoms with Gasteiger partial charge in [0.15, 0.2) is 0 Å². The summed E-state index contributed by atoms with van der Waals surface area (Å²) in [7, 11) is 0. The summed E-state index contributed by atoms with van der Waals surface area (Å²) in [6.07, 6.45) is 0. The number of ether oxygens (including phenoxy) is 2. The maximum absolute atomic E-state index is 13.0. The predicted molar refractivity (Wildman–Crippen MR) is 122 cm³/mol. The van der Waals surface area contributed by atoms with Gasteiger partial charge in [0.25, 0.3) is 0 Å². The zero-order valence-corrected chi connectivity index (χ0v) is 17.7. The van der Waals surface area contributed by atoms with Gasteiger partial charge in [0, 0.05) is 6.07 Å². The Balaban J connectivity index is 1.46. The molecule has 1 unspecified atom stereocenters. The van der Waals surface area contributed by atoms with Crippen molar-refractivity contribution in [3.63, 3.8) is 0 Å². The van der Waals surface area contributed by atoms with E-state index in [-0.39, 0.29) is 24.4 Å². The number of fused-ring (bicyclic) bond motifs is 1. The van der Waals surface area contributed by atoms with Gasteiger partial charge in [0.1, 0.15) is 12.4 Å². The van der Waals surface area contributed by atoms with Crippen molar-refractivity contribution in [2.24, 2.45) is 5.92 Å². The summed E-state index contributed by atoms with van der Waals surface area (Å²) < 4.78 is 11.4. The summed E-state index contributed by atoms with van der Waals surface area (Å²) in [4.78, 5) is 17.4. The fourth-order valence-electron chi connectivity index (χ4n) is 3.63. The van der Waals surface area contributed by atoms with Crippen LogP contribution < -0.4 is 4.74 Å². The van der Waals surface area contributed by atoms with E-state index in [9.17, 15) is 4.79 Å². The van der Waals surface area contributed by atoms with Crippen molar-refractivity contribution < 1.29 is 14.3 Å². The van der Waals surface area contributed by atoms with Crippen LogP contribution in [0.2, 0.25) is 0 Å². The molecular weight excluding hydrogens is 386 g/mol. The Morgan fingerprint density at radius 3 is 2.35 bits per heavy atom. The van der Waals surface area contributed by atoms with Crippen LogP contribution in [0.4, 0.5) is 0 Å². The first-order valence-electron chi connectivity index (χ1n) is 10.4. The standard InChI is InChI=1S/C27H25NO3/c1-19(2)26(22-16-15-20-9-6-7-10-21(20)17-22)27(29)30-18-23-11-8-14-25(28-23)31-24-12-4-3-5-13-24/h3-17,19,26H,18H2,1-2H3.